The molecular weight excluding hydrogens is 446 g/mol. The largest absolute Gasteiger partial charge is 0.507 e. The molecule has 0 atom stereocenters. The normalized spacial score (nSPS) is 16.1. The summed E-state index contributed by atoms with van der Waals surface area (Å²) >= 11 is 0. The van der Waals surface area contributed by atoms with Crippen LogP contribution < -0.4 is 10.1 Å². The van der Waals surface area contributed by atoms with Gasteiger partial charge >= 0.3 is 0 Å². The molecule has 1 fully saturated rings. The van der Waals surface area contributed by atoms with Crippen LogP contribution in [0, 0.1) is 0 Å². The van der Waals surface area contributed by atoms with E-state index in [9.17, 15) is 9.90 Å². The van der Waals surface area contributed by atoms with Gasteiger partial charge in [-0.2, -0.15) is 0 Å². The van der Waals surface area contributed by atoms with E-state index in [1.54, 1.807) is 10.6 Å². The number of morpholine rings is 1. The van der Waals surface area contributed by atoms with Crippen LogP contribution in [-0.2, 0) is 17.7 Å². The van der Waals surface area contributed by atoms with Crippen LogP contribution in [0.3, 0.4) is 0 Å². The lowest BCUT2D eigenvalue weighted by atomic mass is 10.0. The van der Waals surface area contributed by atoms with Crippen molar-refractivity contribution >= 4 is 5.91 Å². The topological polar surface area (TPSA) is 102 Å². The van der Waals surface area contributed by atoms with E-state index >= 15 is 0 Å². The molecular formula is C26H31N5O4. The smallest absolute Gasteiger partial charge is 0.289 e. The van der Waals surface area contributed by atoms with Crippen molar-refractivity contribution in [2.45, 2.75) is 39.3 Å². The van der Waals surface area contributed by atoms with Gasteiger partial charge in [0.2, 0.25) is 5.82 Å². The number of carbonyl (C=O) groups excluding carboxylic acids is 1. The highest BCUT2D eigenvalue weighted by Crippen LogP contribution is 2.38. The Morgan fingerprint density at radius 3 is 2.63 bits per heavy atom. The third-order valence-electron chi connectivity index (χ3n) is 6.26. The second-order valence-corrected chi connectivity index (χ2v) is 9.29. The van der Waals surface area contributed by atoms with Gasteiger partial charge in [-0.1, -0.05) is 12.1 Å². The minimum Gasteiger partial charge on any atom is -0.507 e. The van der Waals surface area contributed by atoms with Crippen molar-refractivity contribution < 1.29 is 19.4 Å². The average molecular weight is 478 g/mol. The number of phenolic OH excluding ortho intramolecular Hbond substituents is 1. The van der Waals surface area contributed by atoms with Gasteiger partial charge in [0, 0.05) is 37.4 Å². The van der Waals surface area contributed by atoms with Crippen molar-refractivity contribution in [2.24, 2.45) is 0 Å². The SMILES string of the molecule is CC(C)NC(=O)c1nnc(-c2cc3c(cc2O)OCCC3)n1-c1ccc(CN2CCOCC2)cc1. The molecule has 2 aliphatic heterocycles. The fraction of sp³-hybridized carbons (Fsp3) is 0.423. The van der Waals surface area contributed by atoms with Gasteiger partial charge in [0.25, 0.3) is 5.91 Å². The van der Waals surface area contributed by atoms with E-state index in [2.05, 4.69) is 32.5 Å². The van der Waals surface area contributed by atoms with Gasteiger partial charge in [-0.15, -0.1) is 10.2 Å². The first-order valence-corrected chi connectivity index (χ1v) is 12.1. The molecule has 0 saturated carbocycles. The molecule has 0 unspecified atom stereocenters. The summed E-state index contributed by atoms with van der Waals surface area (Å²) in [5.74, 6) is 0.985. The number of aryl methyl sites for hydroxylation is 1. The molecule has 0 aliphatic carbocycles. The molecule has 3 heterocycles. The molecule has 9 nitrogen and oxygen atoms in total. The molecule has 0 spiro atoms. The Morgan fingerprint density at radius 1 is 1.11 bits per heavy atom. The zero-order valence-electron chi connectivity index (χ0n) is 20.2. The highest BCUT2D eigenvalue weighted by atomic mass is 16.5. The Balaban J connectivity index is 1.53. The summed E-state index contributed by atoms with van der Waals surface area (Å²) in [5.41, 5.74) is 3.45. The number of phenols is 1. The Morgan fingerprint density at radius 2 is 1.89 bits per heavy atom. The third-order valence-corrected chi connectivity index (χ3v) is 6.26. The number of fused-ring (bicyclic) bond motifs is 1. The molecule has 184 valence electrons. The number of ether oxygens (including phenoxy) is 2. The Hall–Kier alpha value is -3.43. The summed E-state index contributed by atoms with van der Waals surface area (Å²) in [6.45, 7) is 8.61. The van der Waals surface area contributed by atoms with E-state index in [4.69, 9.17) is 9.47 Å². The summed E-state index contributed by atoms with van der Waals surface area (Å²) in [6, 6.07) is 11.5. The molecule has 0 bridgehead atoms. The van der Waals surface area contributed by atoms with Crippen molar-refractivity contribution in [2.75, 3.05) is 32.9 Å². The molecule has 3 aromatic rings. The number of hydrogen-bond acceptors (Lipinski definition) is 7. The zero-order valence-corrected chi connectivity index (χ0v) is 20.2. The van der Waals surface area contributed by atoms with E-state index < -0.39 is 0 Å². The molecule has 2 aliphatic rings. The Labute approximate surface area is 204 Å². The summed E-state index contributed by atoms with van der Waals surface area (Å²) in [7, 11) is 0. The molecule has 0 radical (unpaired) electrons. The van der Waals surface area contributed by atoms with E-state index in [1.807, 2.05) is 32.0 Å². The lowest BCUT2D eigenvalue weighted by Gasteiger charge is -2.26. The second-order valence-electron chi connectivity index (χ2n) is 9.29. The van der Waals surface area contributed by atoms with Crippen LogP contribution >= 0.6 is 0 Å². The number of rotatable bonds is 6. The first-order valence-electron chi connectivity index (χ1n) is 12.1. The third kappa shape index (κ3) is 5.01. The number of hydrogen-bond donors (Lipinski definition) is 2. The number of benzene rings is 2. The number of nitrogens with one attached hydrogen (secondary N) is 1. The van der Waals surface area contributed by atoms with Gasteiger partial charge in [0.05, 0.1) is 25.4 Å². The van der Waals surface area contributed by atoms with Gasteiger partial charge in [0.1, 0.15) is 11.5 Å². The highest BCUT2D eigenvalue weighted by molar-refractivity contribution is 5.92. The standard InChI is InChI=1S/C26H31N5O4/c1-17(2)27-26(33)25-29-28-24(21-14-19-4-3-11-35-23(19)15-22(21)32)31(25)20-7-5-18(6-8-20)16-30-9-12-34-13-10-30/h5-8,14-15,17,32H,3-4,9-13,16H2,1-2H3,(H,27,33). The first-order chi connectivity index (χ1) is 17.0. The van der Waals surface area contributed by atoms with Gasteiger partial charge < -0.3 is 19.9 Å². The van der Waals surface area contributed by atoms with Crippen LogP contribution in [0.5, 0.6) is 11.5 Å². The monoisotopic (exact) mass is 477 g/mol. The van der Waals surface area contributed by atoms with E-state index in [0.29, 0.717) is 23.7 Å². The van der Waals surface area contributed by atoms with Crippen LogP contribution in [0.4, 0.5) is 0 Å². The number of aromatic nitrogens is 3. The number of carbonyl (C=O) groups is 1. The quantitative estimate of drug-likeness (QED) is 0.563. The van der Waals surface area contributed by atoms with Crippen LogP contribution in [0.2, 0.25) is 0 Å². The van der Waals surface area contributed by atoms with Gasteiger partial charge in [-0.25, -0.2) is 0 Å². The molecule has 1 amide bonds. The van der Waals surface area contributed by atoms with Crippen molar-refractivity contribution in [3.05, 3.63) is 53.3 Å². The fourth-order valence-electron chi connectivity index (χ4n) is 4.51. The fourth-order valence-corrected chi connectivity index (χ4v) is 4.51. The Kier molecular flexibility index (Phi) is 6.70. The van der Waals surface area contributed by atoms with Crippen LogP contribution in [0.15, 0.2) is 36.4 Å². The number of nitrogens with zero attached hydrogens (tertiary/aromatic N) is 4. The van der Waals surface area contributed by atoms with Crippen molar-refractivity contribution in [1.29, 1.82) is 0 Å². The predicted octanol–water partition coefficient (Wildman–Crippen LogP) is 2.94. The van der Waals surface area contributed by atoms with Crippen molar-refractivity contribution in [1.82, 2.24) is 25.0 Å². The molecule has 2 N–H and O–H groups in total. The number of aromatic hydroxyl groups is 1. The molecule has 35 heavy (non-hydrogen) atoms. The van der Waals surface area contributed by atoms with E-state index in [0.717, 1.165) is 56.9 Å². The molecule has 1 aromatic heterocycles. The average Bonchev–Trinajstić information content (AvgIpc) is 3.29. The van der Waals surface area contributed by atoms with Gasteiger partial charge in [-0.3, -0.25) is 14.3 Å². The van der Waals surface area contributed by atoms with E-state index in [1.165, 1.54) is 5.56 Å². The maximum atomic E-state index is 13.0. The summed E-state index contributed by atoms with van der Waals surface area (Å²) in [6.07, 6.45) is 1.77. The summed E-state index contributed by atoms with van der Waals surface area (Å²) in [4.78, 5) is 15.4. The minimum absolute atomic E-state index is 0.0408. The second kappa shape index (κ2) is 10.1. The highest BCUT2D eigenvalue weighted by Gasteiger charge is 2.25. The van der Waals surface area contributed by atoms with Gasteiger partial charge in [-0.05, 0) is 56.0 Å². The maximum absolute atomic E-state index is 13.0. The number of amides is 1. The molecule has 9 heteroatoms. The predicted molar refractivity (Wildman–Crippen MR) is 131 cm³/mol. The molecule has 1 saturated heterocycles. The van der Waals surface area contributed by atoms with Crippen molar-refractivity contribution in [3.8, 4) is 28.6 Å². The Bertz CT molecular complexity index is 1200. The minimum atomic E-state index is -0.322. The lowest BCUT2D eigenvalue weighted by molar-refractivity contribution is 0.0342. The summed E-state index contributed by atoms with van der Waals surface area (Å²) < 4.78 is 12.8. The lowest BCUT2D eigenvalue weighted by Crippen LogP contribution is -2.35. The zero-order chi connectivity index (χ0) is 24.4. The van der Waals surface area contributed by atoms with Crippen LogP contribution in [0.25, 0.3) is 17.1 Å². The van der Waals surface area contributed by atoms with Crippen molar-refractivity contribution in [3.63, 3.8) is 0 Å². The first kappa shape index (κ1) is 23.3. The van der Waals surface area contributed by atoms with Crippen LogP contribution in [-0.4, -0.2) is 69.6 Å². The summed E-state index contributed by atoms with van der Waals surface area (Å²) in [5, 5.41) is 22.3. The van der Waals surface area contributed by atoms with Crippen LogP contribution in [0.1, 0.15) is 42.0 Å². The van der Waals surface area contributed by atoms with E-state index in [-0.39, 0.29) is 23.5 Å². The maximum Gasteiger partial charge on any atom is 0.289 e. The molecule has 5 rings (SSSR count). The van der Waals surface area contributed by atoms with Gasteiger partial charge in [0.15, 0.2) is 5.82 Å². The molecule has 2 aromatic carbocycles.